The minimum atomic E-state index is -4.01. The van der Waals surface area contributed by atoms with E-state index in [1.165, 1.54) is 12.1 Å². The number of halogens is 1. The summed E-state index contributed by atoms with van der Waals surface area (Å²) in [6.45, 7) is 2.20. The average Bonchev–Trinajstić information content (AvgIpc) is 2.78. The van der Waals surface area contributed by atoms with Crippen molar-refractivity contribution in [2.75, 3.05) is 29.4 Å². The van der Waals surface area contributed by atoms with Gasteiger partial charge in [-0.25, -0.2) is 8.42 Å². The summed E-state index contributed by atoms with van der Waals surface area (Å²) < 4.78 is 39.0. The van der Waals surface area contributed by atoms with Gasteiger partial charge in [0, 0.05) is 16.8 Å². The van der Waals surface area contributed by atoms with Gasteiger partial charge >= 0.3 is 0 Å². The fourth-order valence-corrected chi connectivity index (χ4v) is 5.10. The molecule has 0 aromatic heterocycles. The van der Waals surface area contributed by atoms with E-state index in [0.717, 1.165) is 4.31 Å². The van der Waals surface area contributed by atoms with Crippen molar-refractivity contribution in [1.29, 1.82) is 0 Å². The summed E-state index contributed by atoms with van der Waals surface area (Å²) in [6, 6.07) is 17.8. The summed E-state index contributed by atoms with van der Waals surface area (Å²) in [4.78, 5) is 13.0. The highest BCUT2D eigenvalue weighted by Crippen LogP contribution is 2.33. The molecule has 9 heteroatoms. The molecule has 4 rings (SSSR count). The predicted octanol–water partition coefficient (Wildman–Crippen LogP) is 4.25. The van der Waals surface area contributed by atoms with E-state index < -0.39 is 22.5 Å². The lowest BCUT2D eigenvalue weighted by Crippen LogP contribution is -2.38. The summed E-state index contributed by atoms with van der Waals surface area (Å²) in [5, 5.41) is 3.22. The van der Waals surface area contributed by atoms with Crippen LogP contribution in [0.15, 0.2) is 71.6 Å². The number of carbonyl (C=O) groups is 1. The number of sulfonamides is 1. The van der Waals surface area contributed by atoms with Gasteiger partial charge in [-0.15, -0.1) is 0 Å². The van der Waals surface area contributed by atoms with Crippen LogP contribution in [0.25, 0.3) is 0 Å². The number of amides is 1. The lowest BCUT2D eigenvalue weighted by Gasteiger charge is -2.26. The van der Waals surface area contributed by atoms with Gasteiger partial charge in [0.2, 0.25) is 5.91 Å². The van der Waals surface area contributed by atoms with Crippen molar-refractivity contribution in [3.8, 4) is 11.5 Å². The van der Waals surface area contributed by atoms with E-state index in [2.05, 4.69) is 5.32 Å². The SMILES string of the molecule is Cc1cc(Cl)ccc1N(CC(=O)Nc1ccc2c(c1)OCCO2)S(=O)(=O)c1ccccc1. The molecule has 0 atom stereocenters. The van der Waals surface area contributed by atoms with Crippen molar-refractivity contribution in [2.45, 2.75) is 11.8 Å². The quantitative estimate of drug-likeness (QED) is 0.579. The van der Waals surface area contributed by atoms with E-state index >= 15 is 0 Å². The van der Waals surface area contributed by atoms with Gasteiger partial charge in [-0.2, -0.15) is 0 Å². The topological polar surface area (TPSA) is 84.9 Å². The summed E-state index contributed by atoms with van der Waals surface area (Å²) in [6.07, 6.45) is 0. The number of ether oxygens (including phenoxy) is 2. The number of rotatable bonds is 6. The molecule has 1 aliphatic heterocycles. The highest BCUT2D eigenvalue weighted by molar-refractivity contribution is 7.92. The molecule has 1 heterocycles. The molecule has 0 unspecified atom stereocenters. The van der Waals surface area contributed by atoms with Gasteiger partial charge in [0.25, 0.3) is 10.0 Å². The Morgan fingerprint density at radius 3 is 2.44 bits per heavy atom. The maximum absolute atomic E-state index is 13.4. The molecule has 32 heavy (non-hydrogen) atoms. The van der Waals surface area contributed by atoms with E-state index in [-0.39, 0.29) is 4.90 Å². The van der Waals surface area contributed by atoms with Crippen LogP contribution < -0.4 is 19.1 Å². The molecule has 1 amide bonds. The molecule has 3 aromatic rings. The van der Waals surface area contributed by atoms with Gasteiger partial charge < -0.3 is 14.8 Å². The molecule has 0 saturated carbocycles. The number of benzene rings is 3. The van der Waals surface area contributed by atoms with Gasteiger partial charge in [-0.3, -0.25) is 9.10 Å². The summed E-state index contributed by atoms with van der Waals surface area (Å²) in [5.74, 6) is 0.617. The molecule has 0 fully saturated rings. The number of carbonyl (C=O) groups excluding carboxylic acids is 1. The van der Waals surface area contributed by atoms with Crippen LogP contribution in [-0.2, 0) is 14.8 Å². The van der Waals surface area contributed by atoms with E-state index in [9.17, 15) is 13.2 Å². The fraction of sp³-hybridized carbons (Fsp3) is 0.174. The van der Waals surface area contributed by atoms with Gasteiger partial charge in [-0.05, 0) is 55.0 Å². The van der Waals surface area contributed by atoms with Crippen LogP contribution in [0, 0.1) is 6.92 Å². The summed E-state index contributed by atoms with van der Waals surface area (Å²) in [7, 11) is -4.01. The van der Waals surface area contributed by atoms with Crippen LogP contribution in [0.5, 0.6) is 11.5 Å². The molecule has 1 N–H and O–H groups in total. The highest BCUT2D eigenvalue weighted by atomic mass is 35.5. The average molecular weight is 473 g/mol. The maximum atomic E-state index is 13.4. The van der Waals surface area contributed by atoms with Crippen LogP contribution in [-0.4, -0.2) is 34.1 Å². The van der Waals surface area contributed by atoms with E-state index in [1.54, 1.807) is 61.5 Å². The van der Waals surface area contributed by atoms with Gasteiger partial charge in [0.05, 0.1) is 10.6 Å². The standard InChI is InChI=1S/C23H21ClN2O5S/c1-16-13-17(24)7-9-20(16)26(32(28,29)19-5-3-2-4-6-19)15-23(27)25-18-8-10-21-22(14-18)31-12-11-30-21/h2-10,13-14H,11-12,15H2,1H3,(H,25,27). The van der Waals surface area contributed by atoms with Crippen molar-refractivity contribution in [3.05, 3.63) is 77.3 Å². The molecule has 0 radical (unpaired) electrons. The predicted molar refractivity (Wildman–Crippen MR) is 123 cm³/mol. The molecular formula is C23H21ClN2O5S. The lowest BCUT2D eigenvalue weighted by atomic mass is 10.2. The number of aryl methyl sites for hydroxylation is 1. The van der Waals surface area contributed by atoms with Crippen molar-refractivity contribution >= 4 is 38.9 Å². The number of anilines is 2. The second-order valence-electron chi connectivity index (χ2n) is 7.16. The zero-order chi connectivity index (χ0) is 22.7. The third kappa shape index (κ3) is 4.66. The fourth-order valence-electron chi connectivity index (χ4n) is 3.37. The monoisotopic (exact) mass is 472 g/mol. The Balaban J connectivity index is 1.64. The van der Waals surface area contributed by atoms with Crippen LogP contribution in [0.4, 0.5) is 11.4 Å². The van der Waals surface area contributed by atoms with Crippen molar-refractivity contribution in [3.63, 3.8) is 0 Å². The Labute approximate surface area is 191 Å². The lowest BCUT2D eigenvalue weighted by molar-refractivity contribution is -0.114. The molecule has 0 bridgehead atoms. The zero-order valence-corrected chi connectivity index (χ0v) is 18.8. The smallest absolute Gasteiger partial charge is 0.264 e. The van der Waals surface area contributed by atoms with Gasteiger partial charge in [0.15, 0.2) is 11.5 Å². The summed E-state index contributed by atoms with van der Waals surface area (Å²) in [5.41, 5.74) is 1.48. The minimum Gasteiger partial charge on any atom is -0.486 e. The second kappa shape index (κ2) is 9.10. The first kappa shape index (κ1) is 22.0. The third-order valence-corrected chi connectivity index (χ3v) is 6.88. The molecule has 166 valence electrons. The van der Waals surface area contributed by atoms with Crippen LogP contribution >= 0.6 is 11.6 Å². The molecule has 0 saturated heterocycles. The van der Waals surface area contributed by atoms with E-state index in [0.29, 0.717) is 46.7 Å². The van der Waals surface area contributed by atoms with Gasteiger partial charge in [0.1, 0.15) is 19.8 Å². The zero-order valence-electron chi connectivity index (χ0n) is 17.2. The van der Waals surface area contributed by atoms with E-state index in [1.807, 2.05) is 0 Å². The molecule has 1 aliphatic rings. The van der Waals surface area contributed by atoms with Gasteiger partial charge in [-0.1, -0.05) is 29.8 Å². The van der Waals surface area contributed by atoms with Crippen LogP contribution in [0.3, 0.4) is 0 Å². The Kier molecular flexibility index (Phi) is 6.25. The first-order chi connectivity index (χ1) is 15.3. The Hall–Kier alpha value is -3.23. The number of hydrogen-bond donors (Lipinski definition) is 1. The molecule has 3 aromatic carbocycles. The Bertz CT molecular complexity index is 1250. The van der Waals surface area contributed by atoms with Crippen LogP contribution in [0.1, 0.15) is 5.56 Å². The molecule has 0 aliphatic carbocycles. The van der Waals surface area contributed by atoms with Crippen LogP contribution in [0.2, 0.25) is 5.02 Å². The van der Waals surface area contributed by atoms with Crippen molar-refractivity contribution in [1.82, 2.24) is 0 Å². The highest BCUT2D eigenvalue weighted by Gasteiger charge is 2.28. The van der Waals surface area contributed by atoms with E-state index in [4.69, 9.17) is 21.1 Å². The number of fused-ring (bicyclic) bond motifs is 1. The molecule has 0 spiro atoms. The second-order valence-corrected chi connectivity index (χ2v) is 9.46. The minimum absolute atomic E-state index is 0.0847. The first-order valence-electron chi connectivity index (χ1n) is 9.88. The number of nitrogens with zero attached hydrogens (tertiary/aromatic N) is 1. The Morgan fingerprint density at radius 2 is 1.72 bits per heavy atom. The van der Waals surface area contributed by atoms with Crippen molar-refractivity contribution in [2.24, 2.45) is 0 Å². The maximum Gasteiger partial charge on any atom is 0.264 e. The normalized spacial score (nSPS) is 12.8. The Morgan fingerprint density at radius 1 is 1.00 bits per heavy atom. The largest absolute Gasteiger partial charge is 0.486 e. The third-order valence-electron chi connectivity index (χ3n) is 4.87. The molecule has 7 nitrogen and oxygen atoms in total. The first-order valence-corrected chi connectivity index (χ1v) is 11.7. The summed E-state index contributed by atoms with van der Waals surface area (Å²) >= 11 is 6.05. The van der Waals surface area contributed by atoms with Crippen molar-refractivity contribution < 1.29 is 22.7 Å². The number of nitrogens with one attached hydrogen (secondary N) is 1. The number of hydrogen-bond acceptors (Lipinski definition) is 5. The molecular weight excluding hydrogens is 452 g/mol.